The average Bonchev–Trinajstić information content (AvgIpc) is 2.75. The van der Waals surface area contributed by atoms with Crippen LogP contribution in [0.15, 0.2) is 60.8 Å². The molecule has 0 amide bonds. The molecule has 2 aromatic carbocycles. The number of likely N-dealkylation sites (tertiary alicyclic amines) is 1. The summed E-state index contributed by atoms with van der Waals surface area (Å²) in [5.74, 6) is 1.92. The van der Waals surface area contributed by atoms with Crippen LogP contribution in [0.25, 0.3) is 10.8 Å². The Morgan fingerprint density at radius 3 is 2.79 bits per heavy atom. The van der Waals surface area contributed by atoms with E-state index in [2.05, 4.69) is 63.7 Å². The lowest BCUT2D eigenvalue weighted by Crippen LogP contribution is -2.29. The summed E-state index contributed by atoms with van der Waals surface area (Å²) in [6, 6.07) is 18.9. The second kappa shape index (κ2) is 9.56. The fourth-order valence-corrected chi connectivity index (χ4v) is 3.84. The summed E-state index contributed by atoms with van der Waals surface area (Å²) in [5, 5.41) is 5.81. The van der Waals surface area contributed by atoms with Crippen molar-refractivity contribution in [2.75, 3.05) is 31.6 Å². The van der Waals surface area contributed by atoms with Crippen molar-refractivity contribution in [3.63, 3.8) is 0 Å². The van der Waals surface area contributed by atoms with Gasteiger partial charge in [-0.15, -0.1) is 0 Å². The molecule has 28 heavy (non-hydrogen) atoms. The molecule has 3 aromatic rings. The summed E-state index contributed by atoms with van der Waals surface area (Å²) in [7, 11) is 0. The zero-order chi connectivity index (χ0) is 19.0. The predicted molar refractivity (Wildman–Crippen MR) is 116 cm³/mol. The van der Waals surface area contributed by atoms with E-state index in [-0.39, 0.29) is 0 Å². The van der Waals surface area contributed by atoms with Crippen molar-refractivity contribution >= 4 is 16.6 Å². The molecule has 4 nitrogen and oxygen atoms in total. The first-order chi connectivity index (χ1) is 13.9. The van der Waals surface area contributed by atoms with Crippen LogP contribution in [-0.4, -0.2) is 36.1 Å². The van der Waals surface area contributed by atoms with Gasteiger partial charge in [0.1, 0.15) is 11.6 Å². The lowest BCUT2D eigenvalue weighted by atomic mass is 10.1. The maximum absolute atomic E-state index is 5.98. The second-order valence-electron chi connectivity index (χ2n) is 7.49. The number of nitrogens with one attached hydrogen (secondary N) is 1. The summed E-state index contributed by atoms with van der Waals surface area (Å²) >= 11 is 0. The molecule has 1 N–H and O–H groups in total. The van der Waals surface area contributed by atoms with E-state index in [4.69, 9.17) is 4.74 Å². The number of rotatable bonds is 8. The molecular formula is C24H29N3O. The van der Waals surface area contributed by atoms with E-state index in [1.54, 1.807) is 0 Å². The highest BCUT2D eigenvalue weighted by Gasteiger charge is 2.10. The van der Waals surface area contributed by atoms with Crippen molar-refractivity contribution in [2.45, 2.75) is 32.2 Å². The Labute approximate surface area is 167 Å². The van der Waals surface area contributed by atoms with Gasteiger partial charge in [0.2, 0.25) is 0 Å². The molecule has 0 unspecified atom stereocenters. The molecule has 1 fully saturated rings. The van der Waals surface area contributed by atoms with Crippen LogP contribution in [0, 0.1) is 0 Å². The Morgan fingerprint density at radius 2 is 1.86 bits per heavy atom. The smallest absolute Gasteiger partial charge is 0.133 e. The number of pyridine rings is 1. The zero-order valence-electron chi connectivity index (χ0n) is 16.4. The third-order valence-corrected chi connectivity index (χ3v) is 5.31. The zero-order valence-corrected chi connectivity index (χ0v) is 16.4. The number of nitrogens with zero attached hydrogens (tertiary/aromatic N) is 2. The van der Waals surface area contributed by atoms with Crippen molar-refractivity contribution in [2.24, 2.45) is 0 Å². The largest absolute Gasteiger partial charge is 0.494 e. The highest BCUT2D eigenvalue weighted by atomic mass is 16.5. The van der Waals surface area contributed by atoms with Gasteiger partial charge in [-0.3, -0.25) is 4.90 Å². The number of hydrogen-bond acceptors (Lipinski definition) is 4. The predicted octanol–water partition coefficient (Wildman–Crippen LogP) is 5.10. The third-order valence-electron chi connectivity index (χ3n) is 5.31. The molecule has 4 heteroatoms. The number of aromatic nitrogens is 1. The quantitative estimate of drug-likeness (QED) is 0.556. The van der Waals surface area contributed by atoms with Crippen LogP contribution in [-0.2, 0) is 6.54 Å². The van der Waals surface area contributed by atoms with Gasteiger partial charge >= 0.3 is 0 Å². The molecule has 0 atom stereocenters. The monoisotopic (exact) mass is 375 g/mol. The number of hydrogen-bond donors (Lipinski definition) is 1. The summed E-state index contributed by atoms with van der Waals surface area (Å²) in [6.45, 7) is 5.02. The summed E-state index contributed by atoms with van der Waals surface area (Å²) < 4.78 is 5.98. The van der Waals surface area contributed by atoms with E-state index in [1.807, 2.05) is 12.3 Å². The normalized spacial score (nSPS) is 14.9. The minimum atomic E-state index is 0.699. The van der Waals surface area contributed by atoms with Crippen LogP contribution >= 0.6 is 0 Å². The molecule has 1 aliphatic rings. The first-order valence-corrected chi connectivity index (χ1v) is 10.4. The van der Waals surface area contributed by atoms with Crippen molar-refractivity contribution < 1.29 is 4.74 Å². The van der Waals surface area contributed by atoms with Crippen molar-refractivity contribution in [1.29, 1.82) is 0 Å². The summed E-state index contributed by atoms with van der Waals surface area (Å²) in [6.07, 6.45) is 6.82. The van der Waals surface area contributed by atoms with Gasteiger partial charge in [-0.2, -0.15) is 0 Å². The topological polar surface area (TPSA) is 37.4 Å². The lowest BCUT2D eigenvalue weighted by molar-refractivity contribution is 0.220. The highest BCUT2D eigenvalue weighted by molar-refractivity contribution is 5.91. The number of fused-ring (bicyclic) bond motifs is 1. The molecular weight excluding hydrogens is 346 g/mol. The molecule has 2 heterocycles. The SMILES string of the molecule is c1cc(CN2CCCCC2)cc(OCCCNc2nccc3ccccc23)c1. The first kappa shape index (κ1) is 18.8. The van der Waals surface area contributed by atoms with Crippen molar-refractivity contribution in [3.05, 3.63) is 66.4 Å². The Balaban J connectivity index is 1.23. The fraction of sp³-hybridized carbons (Fsp3) is 0.375. The highest BCUT2D eigenvalue weighted by Crippen LogP contribution is 2.20. The molecule has 1 aliphatic heterocycles. The van der Waals surface area contributed by atoms with E-state index in [0.29, 0.717) is 6.61 Å². The van der Waals surface area contributed by atoms with Gasteiger partial charge in [-0.05, 0) is 61.5 Å². The number of benzene rings is 2. The Bertz CT molecular complexity index is 884. The minimum Gasteiger partial charge on any atom is -0.494 e. The number of piperidine rings is 1. The summed E-state index contributed by atoms with van der Waals surface area (Å²) in [5.41, 5.74) is 1.34. The van der Waals surface area contributed by atoms with Crippen LogP contribution in [0.5, 0.6) is 5.75 Å². The Hall–Kier alpha value is -2.59. The van der Waals surface area contributed by atoms with E-state index >= 15 is 0 Å². The molecule has 0 saturated carbocycles. The average molecular weight is 376 g/mol. The van der Waals surface area contributed by atoms with E-state index < -0.39 is 0 Å². The summed E-state index contributed by atoms with van der Waals surface area (Å²) in [4.78, 5) is 7.02. The maximum Gasteiger partial charge on any atom is 0.133 e. The number of ether oxygens (including phenoxy) is 1. The number of anilines is 1. The van der Waals surface area contributed by atoms with Gasteiger partial charge in [0.15, 0.2) is 0 Å². The van der Waals surface area contributed by atoms with Gasteiger partial charge < -0.3 is 10.1 Å². The molecule has 1 saturated heterocycles. The van der Waals surface area contributed by atoms with Gasteiger partial charge in [0.25, 0.3) is 0 Å². The van der Waals surface area contributed by atoms with E-state index in [9.17, 15) is 0 Å². The van der Waals surface area contributed by atoms with E-state index in [0.717, 1.165) is 36.5 Å². The second-order valence-corrected chi connectivity index (χ2v) is 7.49. The standard InChI is InChI=1S/C24H29N3O/c1-4-15-27(16-5-1)19-20-8-6-10-22(18-20)28-17-7-13-25-24-23-11-3-2-9-21(23)12-14-26-24/h2-3,6,8-12,14,18H,1,4-5,7,13,15-17,19H2,(H,25,26). The maximum atomic E-state index is 5.98. The molecule has 0 bridgehead atoms. The minimum absolute atomic E-state index is 0.699. The molecule has 146 valence electrons. The third kappa shape index (κ3) is 5.02. The van der Waals surface area contributed by atoms with Gasteiger partial charge in [0.05, 0.1) is 6.61 Å². The molecule has 0 radical (unpaired) electrons. The fourth-order valence-electron chi connectivity index (χ4n) is 3.84. The van der Waals surface area contributed by atoms with Crippen molar-refractivity contribution in [1.82, 2.24) is 9.88 Å². The van der Waals surface area contributed by atoms with Crippen LogP contribution < -0.4 is 10.1 Å². The van der Waals surface area contributed by atoms with Gasteiger partial charge in [-0.25, -0.2) is 4.98 Å². The molecule has 4 rings (SSSR count). The van der Waals surface area contributed by atoms with E-state index in [1.165, 1.54) is 43.3 Å². The molecule has 0 spiro atoms. The molecule has 1 aromatic heterocycles. The van der Waals surface area contributed by atoms with Crippen LogP contribution in [0.1, 0.15) is 31.2 Å². The Morgan fingerprint density at radius 1 is 0.964 bits per heavy atom. The van der Waals surface area contributed by atoms with Crippen molar-refractivity contribution in [3.8, 4) is 5.75 Å². The molecule has 0 aliphatic carbocycles. The first-order valence-electron chi connectivity index (χ1n) is 10.4. The van der Waals surface area contributed by atoms with Crippen LogP contribution in [0.2, 0.25) is 0 Å². The van der Waals surface area contributed by atoms with Crippen LogP contribution in [0.3, 0.4) is 0 Å². The lowest BCUT2D eigenvalue weighted by Gasteiger charge is -2.26. The van der Waals surface area contributed by atoms with Gasteiger partial charge in [-0.1, -0.05) is 42.8 Å². The van der Waals surface area contributed by atoms with Crippen LogP contribution in [0.4, 0.5) is 5.82 Å². The van der Waals surface area contributed by atoms with Gasteiger partial charge in [0, 0.05) is 24.7 Å². The Kier molecular flexibility index (Phi) is 6.40.